The van der Waals surface area contributed by atoms with Crippen molar-refractivity contribution in [2.24, 2.45) is 5.73 Å². The Morgan fingerprint density at radius 2 is 2.36 bits per heavy atom. The van der Waals surface area contributed by atoms with Gasteiger partial charge in [0, 0.05) is 29.1 Å². The standard InChI is InChI=1S/C8H16N4OS/c1-7(2)12-8(10-6-11-12)5-14(13)4-3-9/h6-7H,3-5,9H2,1-2H3. The summed E-state index contributed by atoms with van der Waals surface area (Å²) in [6.07, 6.45) is 1.50. The minimum absolute atomic E-state index is 0.252. The summed E-state index contributed by atoms with van der Waals surface area (Å²) in [4.78, 5) is 4.08. The van der Waals surface area contributed by atoms with Crippen molar-refractivity contribution < 1.29 is 4.21 Å². The van der Waals surface area contributed by atoms with Crippen molar-refractivity contribution in [3.63, 3.8) is 0 Å². The van der Waals surface area contributed by atoms with Gasteiger partial charge in [0.05, 0.1) is 5.75 Å². The molecule has 0 radical (unpaired) electrons. The van der Waals surface area contributed by atoms with Gasteiger partial charge in [-0.15, -0.1) is 0 Å². The summed E-state index contributed by atoms with van der Waals surface area (Å²) < 4.78 is 13.2. The molecule has 1 aromatic rings. The van der Waals surface area contributed by atoms with Crippen LogP contribution in [0.5, 0.6) is 0 Å². The Morgan fingerprint density at radius 3 is 2.93 bits per heavy atom. The molecule has 80 valence electrons. The molecule has 1 aromatic heterocycles. The summed E-state index contributed by atoms with van der Waals surface area (Å²) in [6, 6.07) is 0.252. The molecule has 0 aliphatic heterocycles. The number of aromatic nitrogens is 3. The largest absolute Gasteiger partial charge is 0.330 e. The second-order valence-corrected chi connectivity index (χ2v) is 4.87. The predicted octanol–water partition coefficient (Wildman–Crippen LogP) is 0.0664. The quantitative estimate of drug-likeness (QED) is 0.755. The van der Waals surface area contributed by atoms with Gasteiger partial charge in [-0.25, -0.2) is 9.67 Å². The minimum atomic E-state index is -0.925. The van der Waals surface area contributed by atoms with E-state index in [0.29, 0.717) is 18.1 Å². The van der Waals surface area contributed by atoms with Gasteiger partial charge < -0.3 is 5.73 Å². The van der Waals surface area contributed by atoms with E-state index in [2.05, 4.69) is 10.1 Å². The van der Waals surface area contributed by atoms with E-state index in [4.69, 9.17) is 5.73 Å². The van der Waals surface area contributed by atoms with Crippen molar-refractivity contribution in [2.75, 3.05) is 12.3 Å². The molecule has 0 saturated heterocycles. The molecule has 0 aromatic carbocycles. The molecule has 1 heterocycles. The minimum Gasteiger partial charge on any atom is -0.330 e. The Morgan fingerprint density at radius 1 is 1.64 bits per heavy atom. The van der Waals surface area contributed by atoms with Crippen LogP contribution < -0.4 is 5.73 Å². The van der Waals surface area contributed by atoms with Crippen molar-refractivity contribution in [1.82, 2.24) is 14.8 Å². The molecule has 14 heavy (non-hydrogen) atoms. The third kappa shape index (κ3) is 2.88. The van der Waals surface area contributed by atoms with E-state index in [0.717, 1.165) is 5.82 Å². The van der Waals surface area contributed by atoms with Crippen LogP contribution in [0.3, 0.4) is 0 Å². The first-order valence-electron chi connectivity index (χ1n) is 4.58. The van der Waals surface area contributed by atoms with Crippen molar-refractivity contribution in [1.29, 1.82) is 0 Å². The lowest BCUT2D eigenvalue weighted by atomic mass is 10.4. The van der Waals surface area contributed by atoms with Crippen LogP contribution in [0, 0.1) is 0 Å². The fraction of sp³-hybridized carbons (Fsp3) is 0.750. The van der Waals surface area contributed by atoms with Crippen LogP contribution in [-0.4, -0.2) is 31.3 Å². The van der Waals surface area contributed by atoms with E-state index in [1.54, 1.807) is 4.68 Å². The van der Waals surface area contributed by atoms with Crippen molar-refractivity contribution in [2.45, 2.75) is 25.6 Å². The zero-order chi connectivity index (χ0) is 10.6. The molecule has 0 aliphatic carbocycles. The van der Waals surface area contributed by atoms with Gasteiger partial charge in [0.15, 0.2) is 0 Å². The van der Waals surface area contributed by atoms with E-state index >= 15 is 0 Å². The molecule has 1 atom stereocenters. The van der Waals surface area contributed by atoms with E-state index in [9.17, 15) is 4.21 Å². The molecule has 0 bridgehead atoms. The van der Waals surface area contributed by atoms with E-state index in [-0.39, 0.29) is 6.04 Å². The summed E-state index contributed by atoms with van der Waals surface area (Å²) >= 11 is 0. The Balaban J connectivity index is 2.66. The zero-order valence-corrected chi connectivity index (χ0v) is 9.33. The SMILES string of the molecule is CC(C)n1ncnc1CS(=O)CCN. The van der Waals surface area contributed by atoms with Crippen LogP contribution in [0.2, 0.25) is 0 Å². The van der Waals surface area contributed by atoms with Crippen molar-refractivity contribution >= 4 is 10.8 Å². The Bertz CT molecular complexity index is 310. The van der Waals surface area contributed by atoms with Gasteiger partial charge in [0.25, 0.3) is 0 Å². The highest BCUT2D eigenvalue weighted by atomic mass is 32.2. The maximum absolute atomic E-state index is 11.4. The van der Waals surface area contributed by atoms with Crippen LogP contribution in [0.4, 0.5) is 0 Å². The molecule has 1 rings (SSSR count). The molecule has 6 heteroatoms. The third-order valence-electron chi connectivity index (χ3n) is 1.77. The molecule has 0 fully saturated rings. The Kier molecular flexibility index (Phi) is 4.21. The molecule has 0 amide bonds. The van der Waals surface area contributed by atoms with Gasteiger partial charge in [-0.05, 0) is 13.8 Å². The van der Waals surface area contributed by atoms with Crippen LogP contribution in [0.15, 0.2) is 6.33 Å². The van der Waals surface area contributed by atoms with Crippen LogP contribution in [0.25, 0.3) is 0 Å². The maximum Gasteiger partial charge on any atom is 0.139 e. The zero-order valence-electron chi connectivity index (χ0n) is 8.51. The highest BCUT2D eigenvalue weighted by Crippen LogP contribution is 2.07. The van der Waals surface area contributed by atoms with Gasteiger partial charge in [0.2, 0.25) is 0 Å². The monoisotopic (exact) mass is 216 g/mol. The highest BCUT2D eigenvalue weighted by Gasteiger charge is 2.10. The van der Waals surface area contributed by atoms with Gasteiger partial charge in [0.1, 0.15) is 12.2 Å². The second-order valence-electron chi connectivity index (χ2n) is 3.29. The van der Waals surface area contributed by atoms with Gasteiger partial charge in [-0.1, -0.05) is 0 Å². The lowest BCUT2D eigenvalue weighted by molar-refractivity contribution is 0.513. The van der Waals surface area contributed by atoms with Crippen LogP contribution in [0.1, 0.15) is 25.7 Å². The predicted molar refractivity (Wildman–Crippen MR) is 56.2 cm³/mol. The number of hydrogen-bond donors (Lipinski definition) is 1. The molecule has 0 aliphatic rings. The molecule has 2 N–H and O–H groups in total. The number of rotatable bonds is 5. The van der Waals surface area contributed by atoms with Gasteiger partial charge in [-0.2, -0.15) is 5.10 Å². The van der Waals surface area contributed by atoms with Gasteiger partial charge >= 0.3 is 0 Å². The number of hydrogen-bond acceptors (Lipinski definition) is 4. The smallest absolute Gasteiger partial charge is 0.139 e. The normalized spacial score (nSPS) is 13.4. The van der Waals surface area contributed by atoms with Gasteiger partial charge in [-0.3, -0.25) is 4.21 Å². The number of nitrogens with zero attached hydrogens (tertiary/aromatic N) is 3. The average molecular weight is 216 g/mol. The summed E-state index contributed by atoms with van der Waals surface area (Å²) in [5, 5.41) is 4.07. The topological polar surface area (TPSA) is 73.8 Å². The first kappa shape index (κ1) is 11.3. The van der Waals surface area contributed by atoms with Crippen LogP contribution in [-0.2, 0) is 16.6 Å². The molecular formula is C8H16N4OS. The second kappa shape index (κ2) is 5.21. The number of nitrogens with two attached hydrogens (primary N) is 1. The fourth-order valence-electron chi connectivity index (χ4n) is 1.16. The lowest BCUT2D eigenvalue weighted by Gasteiger charge is -2.08. The molecule has 0 spiro atoms. The summed E-state index contributed by atoms with van der Waals surface area (Å²) in [7, 11) is -0.925. The van der Waals surface area contributed by atoms with Crippen molar-refractivity contribution in [3.05, 3.63) is 12.2 Å². The van der Waals surface area contributed by atoms with Crippen molar-refractivity contribution in [3.8, 4) is 0 Å². The van der Waals surface area contributed by atoms with Crippen LogP contribution >= 0.6 is 0 Å². The summed E-state index contributed by atoms with van der Waals surface area (Å²) in [6.45, 7) is 4.48. The third-order valence-corrected chi connectivity index (χ3v) is 3.04. The lowest BCUT2D eigenvalue weighted by Crippen LogP contribution is -2.15. The first-order chi connectivity index (χ1) is 6.65. The first-order valence-corrected chi connectivity index (χ1v) is 6.07. The van der Waals surface area contributed by atoms with E-state index in [1.807, 2.05) is 13.8 Å². The molecule has 0 saturated carbocycles. The maximum atomic E-state index is 11.4. The highest BCUT2D eigenvalue weighted by molar-refractivity contribution is 7.84. The summed E-state index contributed by atoms with van der Waals surface area (Å²) in [5.74, 6) is 1.73. The van der Waals surface area contributed by atoms with E-state index in [1.165, 1.54) is 6.33 Å². The Labute approximate surface area is 86.2 Å². The van der Waals surface area contributed by atoms with E-state index < -0.39 is 10.8 Å². The molecule has 5 nitrogen and oxygen atoms in total. The molecule has 1 unspecified atom stereocenters. The fourth-order valence-corrected chi connectivity index (χ4v) is 2.06. The average Bonchev–Trinajstić information content (AvgIpc) is 2.52. The molecular weight excluding hydrogens is 200 g/mol. The summed E-state index contributed by atoms with van der Waals surface area (Å²) in [5.41, 5.74) is 5.32. The Hall–Kier alpha value is -0.750.